The number of para-hydroxylation sites is 1. The highest BCUT2D eigenvalue weighted by atomic mass is 32.2. The van der Waals surface area contributed by atoms with Crippen molar-refractivity contribution in [3.8, 4) is 17.2 Å². The fourth-order valence-corrected chi connectivity index (χ4v) is 3.61. The SMILES string of the molecule is CCc1nnc(SCC(=O)c2ccc3c(c2)OCO3)n1-c1ccccc1. The van der Waals surface area contributed by atoms with Gasteiger partial charge in [0.15, 0.2) is 22.4 Å². The Balaban J connectivity index is 1.53. The van der Waals surface area contributed by atoms with Crippen LogP contribution in [0.15, 0.2) is 53.7 Å². The lowest BCUT2D eigenvalue weighted by atomic mass is 10.1. The lowest BCUT2D eigenvalue weighted by Crippen LogP contribution is -2.05. The molecule has 0 saturated heterocycles. The minimum Gasteiger partial charge on any atom is -0.454 e. The van der Waals surface area contributed by atoms with Crippen molar-refractivity contribution < 1.29 is 14.3 Å². The topological polar surface area (TPSA) is 66.2 Å². The van der Waals surface area contributed by atoms with Gasteiger partial charge >= 0.3 is 0 Å². The van der Waals surface area contributed by atoms with Gasteiger partial charge in [-0.1, -0.05) is 36.9 Å². The van der Waals surface area contributed by atoms with Gasteiger partial charge in [-0.3, -0.25) is 9.36 Å². The molecule has 0 fully saturated rings. The number of hydrogen-bond donors (Lipinski definition) is 0. The summed E-state index contributed by atoms with van der Waals surface area (Å²) in [7, 11) is 0. The van der Waals surface area contributed by atoms with E-state index in [0.717, 1.165) is 17.9 Å². The minimum absolute atomic E-state index is 0.00830. The van der Waals surface area contributed by atoms with E-state index in [1.807, 2.05) is 41.8 Å². The van der Waals surface area contributed by atoms with Gasteiger partial charge in [-0.2, -0.15) is 0 Å². The average Bonchev–Trinajstić information content (AvgIpc) is 3.32. The quantitative estimate of drug-likeness (QED) is 0.490. The molecule has 4 rings (SSSR count). The Bertz CT molecular complexity index is 940. The van der Waals surface area contributed by atoms with E-state index in [1.54, 1.807) is 18.2 Å². The summed E-state index contributed by atoms with van der Waals surface area (Å²) in [5, 5.41) is 9.23. The van der Waals surface area contributed by atoms with Crippen molar-refractivity contribution in [1.82, 2.24) is 14.8 Å². The molecule has 2 heterocycles. The van der Waals surface area contributed by atoms with Gasteiger partial charge in [0, 0.05) is 17.7 Å². The first-order valence-corrected chi connectivity index (χ1v) is 9.30. The summed E-state index contributed by atoms with van der Waals surface area (Å²) in [4.78, 5) is 12.6. The number of aromatic nitrogens is 3. The van der Waals surface area contributed by atoms with E-state index < -0.39 is 0 Å². The maximum Gasteiger partial charge on any atom is 0.231 e. The third-order valence-corrected chi connectivity index (χ3v) is 4.99. The van der Waals surface area contributed by atoms with Crippen LogP contribution in [0.5, 0.6) is 11.5 Å². The number of rotatable bonds is 6. The number of benzene rings is 2. The predicted molar refractivity (Wildman–Crippen MR) is 98.4 cm³/mol. The molecular formula is C19H17N3O3S. The Morgan fingerprint density at radius 2 is 1.92 bits per heavy atom. The standard InChI is InChI=1S/C19H17N3O3S/c1-2-18-20-21-19(22(18)14-6-4-3-5-7-14)26-11-15(23)13-8-9-16-17(10-13)25-12-24-16/h3-10H,2,11-12H2,1H3. The summed E-state index contributed by atoms with van der Waals surface area (Å²) in [6, 6.07) is 15.2. The third-order valence-electron chi connectivity index (χ3n) is 4.06. The predicted octanol–water partition coefficient (Wildman–Crippen LogP) is 3.53. The Labute approximate surface area is 155 Å². The summed E-state index contributed by atoms with van der Waals surface area (Å²) in [6.45, 7) is 2.23. The van der Waals surface area contributed by atoms with Crippen molar-refractivity contribution >= 4 is 17.5 Å². The molecule has 0 spiro atoms. The van der Waals surface area contributed by atoms with Crippen LogP contribution in [-0.4, -0.2) is 33.1 Å². The zero-order valence-electron chi connectivity index (χ0n) is 14.2. The van der Waals surface area contributed by atoms with Crippen molar-refractivity contribution in [2.45, 2.75) is 18.5 Å². The van der Waals surface area contributed by atoms with E-state index in [4.69, 9.17) is 9.47 Å². The highest BCUT2D eigenvalue weighted by Gasteiger charge is 2.18. The van der Waals surface area contributed by atoms with Crippen LogP contribution in [0.4, 0.5) is 0 Å². The smallest absolute Gasteiger partial charge is 0.231 e. The van der Waals surface area contributed by atoms with E-state index in [2.05, 4.69) is 10.2 Å². The fraction of sp³-hybridized carbons (Fsp3) is 0.211. The number of fused-ring (bicyclic) bond motifs is 1. The number of carbonyl (C=O) groups excluding carboxylic acids is 1. The van der Waals surface area contributed by atoms with Crippen molar-refractivity contribution in [2.24, 2.45) is 0 Å². The van der Waals surface area contributed by atoms with Gasteiger partial charge in [-0.15, -0.1) is 10.2 Å². The van der Waals surface area contributed by atoms with E-state index in [0.29, 0.717) is 22.2 Å². The van der Waals surface area contributed by atoms with E-state index in [9.17, 15) is 4.79 Å². The number of hydrogen-bond acceptors (Lipinski definition) is 6. The zero-order chi connectivity index (χ0) is 17.9. The summed E-state index contributed by atoms with van der Waals surface area (Å²) in [5.74, 6) is 2.43. The molecule has 0 unspecified atom stereocenters. The Morgan fingerprint density at radius 3 is 2.73 bits per heavy atom. The lowest BCUT2D eigenvalue weighted by Gasteiger charge is -2.09. The molecule has 2 aromatic carbocycles. The van der Waals surface area contributed by atoms with Crippen LogP contribution in [0.25, 0.3) is 5.69 Å². The summed E-state index contributed by atoms with van der Waals surface area (Å²) < 4.78 is 12.6. The maximum atomic E-state index is 12.6. The normalized spacial score (nSPS) is 12.3. The molecule has 3 aromatic rings. The first-order valence-electron chi connectivity index (χ1n) is 8.31. The monoisotopic (exact) mass is 367 g/mol. The second-order valence-corrected chi connectivity index (χ2v) is 6.65. The molecule has 1 aromatic heterocycles. The van der Waals surface area contributed by atoms with Gasteiger partial charge in [0.25, 0.3) is 0 Å². The van der Waals surface area contributed by atoms with Crippen LogP contribution >= 0.6 is 11.8 Å². The van der Waals surface area contributed by atoms with Crippen molar-refractivity contribution in [1.29, 1.82) is 0 Å². The molecule has 26 heavy (non-hydrogen) atoms. The van der Waals surface area contributed by atoms with Crippen molar-refractivity contribution in [2.75, 3.05) is 12.5 Å². The summed E-state index contributed by atoms with van der Waals surface area (Å²) in [5.41, 5.74) is 1.59. The van der Waals surface area contributed by atoms with E-state index in [1.165, 1.54) is 11.8 Å². The highest BCUT2D eigenvalue weighted by Crippen LogP contribution is 2.33. The van der Waals surface area contributed by atoms with Gasteiger partial charge in [0.05, 0.1) is 5.75 Å². The number of carbonyl (C=O) groups is 1. The van der Waals surface area contributed by atoms with E-state index >= 15 is 0 Å². The minimum atomic E-state index is 0.00830. The number of thioether (sulfide) groups is 1. The first kappa shape index (κ1) is 16.7. The van der Waals surface area contributed by atoms with E-state index in [-0.39, 0.29) is 18.3 Å². The third kappa shape index (κ3) is 3.17. The van der Waals surface area contributed by atoms with Crippen molar-refractivity contribution in [3.63, 3.8) is 0 Å². The molecule has 0 N–H and O–H groups in total. The number of nitrogens with zero attached hydrogens (tertiary/aromatic N) is 3. The van der Waals surface area contributed by atoms with Crippen LogP contribution < -0.4 is 9.47 Å². The number of ether oxygens (including phenoxy) is 2. The Kier molecular flexibility index (Phi) is 4.62. The average molecular weight is 367 g/mol. The first-order chi connectivity index (χ1) is 12.8. The largest absolute Gasteiger partial charge is 0.454 e. The van der Waals surface area contributed by atoms with Crippen LogP contribution in [0.1, 0.15) is 23.1 Å². The van der Waals surface area contributed by atoms with Crippen molar-refractivity contribution in [3.05, 3.63) is 59.9 Å². The molecule has 7 heteroatoms. The van der Waals surface area contributed by atoms with Crippen LogP contribution in [0.3, 0.4) is 0 Å². The van der Waals surface area contributed by atoms with Gasteiger partial charge in [-0.05, 0) is 30.3 Å². The molecule has 1 aliphatic heterocycles. The van der Waals surface area contributed by atoms with Crippen LogP contribution in [0, 0.1) is 0 Å². The second kappa shape index (κ2) is 7.21. The molecule has 0 radical (unpaired) electrons. The zero-order valence-corrected chi connectivity index (χ0v) is 15.0. The Hall–Kier alpha value is -2.80. The summed E-state index contributed by atoms with van der Waals surface area (Å²) >= 11 is 1.38. The van der Waals surface area contributed by atoms with Gasteiger partial charge in [0.1, 0.15) is 5.82 Å². The molecule has 0 bridgehead atoms. The highest BCUT2D eigenvalue weighted by molar-refractivity contribution is 7.99. The second-order valence-electron chi connectivity index (χ2n) is 5.70. The van der Waals surface area contributed by atoms with Gasteiger partial charge < -0.3 is 9.47 Å². The number of aryl methyl sites for hydroxylation is 1. The molecule has 0 saturated carbocycles. The van der Waals surface area contributed by atoms with Crippen LogP contribution in [0.2, 0.25) is 0 Å². The lowest BCUT2D eigenvalue weighted by molar-refractivity contribution is 0.102. The molecule has 1 aliphatic rings. The molecular weight excluding hydrogens is 350 g/mol. The molecule has 0 amide bonds. The maximum absolute atomic E-state index is 12.6. The van der Waals surface area contributed by atoms with Gasteiger partial charge in [-0.25, -0.2) is 0 Å². The summed E-state index contributed by atoms with van der Waals surface area (Å²) in [6.07, 6.45) is 0.762. The van der Waals surface area contributed by atoms with Gasteiger partial charge in [0.2, 0.25) is 6.79 Å². The number of ketones is 1. The molecule has 0 aliphatic carbocycles. The molecule has 6 nitrogen and oxygen atoms in total. The molecule has 0 atom stereocenters. The fourth-order valence-electron chi connectivity index (χ4n) is 2.74. The number of Topliss-reactive ketones (excluding diaryl/α,β-unsaturated/α-hetero) is 1. The molecule has 132 valence electrons. The van der Waals surface area contributed by atoms with Crippen LogP contribution in [-0.2, 0) is 6.42 Å². The Morgan fingerprint density at radius 1 is 1.12 bits per heavy atom.